The Hall–Kier alpha value is -1.51. The molecule has 1 aromatic carbocycles. The monoisotopic (exact) mass is 263 g/mol. The van der Waals surface area contributed by atoms with E-state index in [1.807, 2.05) is 19.2 Å². The van der Waals surface area contributed by atoms with Crippen LogP contribution in [0, 0.1) is 5.92 Å². The molecule has 1 rings (SSSR count). The SMILES string of the molecule is CCCCC(CC)CN(C)c1ccccc1C(=O)O. The number of benzene rings is 1. The predicted molar refractivity (Wildman–Crippen MR) is 80.0 cm³/mol. The summed E-state index contributed by atoms with van der Waals surface area (Å²) in [5.74, 6) is -0.226. The Kier molecular flexibility index (Phi) is 6.40. The van der Waals surface area contributed by atoms with Crippen LogP contribution in [0.4, 0.5) is 5.69 Å². The van der Waals surface area contributed by atoms with Crippen LogP contribution in [0.5, 0.6) is 0 Å². The molecule has 3 nitrogen and oxygen atoms in total. The van der Waals surface area contributed by atoms with Gasteiger partial charge in [-0.2, -0.15) is 0 Å². The summed E-state index contributed by atoms with van der Waals surface area (Å²) < 4.78 is 0. The number of hydrogen-bond donors (Lipinski definition) is 1. The van der Waals surface area contributed by atoms with Gasteiger partial charge in [-0.05, 0) is 24.5 Å². The zero-order valence-electron chi connectivity index (χ0n) is 12.2. The summed E-state index contributed by atoms with van der Waals surface area (Å²) in [4.78, 5) is 13.3. The van der Waals surface area contributed by atoms with Crippen LogP contribution in [0.3, 0.4) is 0 Å². The number of carbonyl (C=O) groups is 1. The van der Waals surface area contributed by atoms with Crippen LogP contribution in [0.25, 0.3) is 0 Å². The van der Waals surface area contributed by atoms with E-state index >= 15 is 0 Å². The average Bonchev–Trinajstić information content (AvgIpc) is 2.43. The van der Waals surface area contributed by atoms with Gasteiger partial charge in [0.05, 0.1) is 11.3 Å². The van der Waals surface area contributed by atoms with E-state index in [2.05, 4.69) is 18.7 Å². The van der Waals surface area contributed by atoms with E-state index in [0.717, 1.165) is 18.7 Å². The van der Waals surface area contributed by atoms with Crippen molar-refractivity contribution < 1.29 is 9.90 Å². The first kappa shape index (κ1) is 15.5. The fourth-order valence-corrected chi connectivity index (χ4v) is 2.39. The molecule has 0 aliphatic rings. The molecule has 0 fully saturated rings. The number of hydrogen-bond acceptors (Lipinski definition) is 2. The van der Waals surface area contributed by atoms with Gasteiger partial charge in [0.15, 0.2) is 0 Å². The lowest BCUT2D eigenvalue weighted by atomic mass is 9.98. The molecule has 0 radical (unpaired) electrons. The lowest BCUT2D eigenvalue weighted by molar-refractivity contribution is 0.0697. The zero-order chi connectivity index (χ0) is 14.3. The number of para-hydroxylation sites is 1. The Balaban J connectivity index is 2.76. The van der Waals surface area contributed by atoms with Gasteiger partial charge in [-0.15, -0.1) is 0 Å². The number of anilines is 1. The van der Waals surface area contributed by atoms with E-state index in [4.69, 9.17) is 0 Å². The largest absolute Gasteiger partial charge is 0.478 e. The highest BCUT2D eigenvalue weighted by atomic mass is 16.4. The minimum atomic E-state index is -0.857. The third kappa shape index (κ3) is 4.58. The van der Waals surface area contributed by atoms with Crippen molar-refractivity contribution in [3.63, 3.8) is 0 Å². The predicted octanol–water partition coefficient (Wildman–Crippen LogP) is 4.04. The molecule has 0 aliphatic heterocycles. The van der Waals surface area contributed by atoms with Crippen LogP contribution in [-0.4, -0.2) is 24.7 Å². The van der Waals surface area contributed by atoms with E-state index in [9.17, 15) is 9.90 Å². The summed E-state index contributed by atoms with van der Waals surface area (Å²) in [7, 11) is 1.98. The Morgan fingerprint density at radius 1 is 1.32 bits per heavy atom. The number of rotatable bonds is 8. The minimum Gasteiger partial charge on any atom is -0.478 e. The van der Waals surface area contributed by atoms with E-state index < -0.39 is 5.97 Å². The molecule has 1 aromatic rings. The van der Waals surface area contributed by atoms with Crippen LogP contribution < -0.4 is 4.90 Å². The minimum absolute atomic E-state index is 0.385. The summed E-state index contributed by atoms with van der Waals surface area (Å²) in [6, 6.07) is 7.22. The molecular weight excluding hydrogens is 238 g/mol. The second kappa shape index (κ2) is 7.82. The van der Waals surface area contributed by atoms with Gasteiger partial charge in [0.1, 0.15) is 0 Å². The van der Waals surface area contributed by atoms with Crippen molar-refractivity contribution in [2.24, 2.45) is 5.92 Å². The fourth-order valence-electron chi connectivity index (χ4n) is 2.39. The smallest absolute Gasteiger partial charge is 0.337 e. The maximum atomic E-state index is 11.2. The van der Waals surface area contributed by atoms with Crippen molar-refractivity contribution in [1.29, 1.82) is 0 Å². The summed E-state index contributed by atoms with van der Waals surface area (Å²) in [6.45, 7) is 5.33. The van der Waals surface area contributed by atoms with Crippen molar-refractivity contribution in [2.45, 2.75) is 39.5 Å². The van der Waals surface area contributed by atoms with E-state index in [0.29, 0.717) is 11.5 Å². The molecule has 1 N–H and O–H groups in total. The summed E-state index contributed by atoms with van der Waals surface area (Å²) in [6.07, 6.45) is 4.81. The van der Waals surface area contributed by atoms with E-state index in [1.54, 1.807) is 12.1 Å². The van der Waals surface area contributed by atoms with Gasteiger partial charge in [-0.1, -0.05) is 45.2 Å². The molecular formula is C16H25NO2. The quantitative estimate of drug-likeness (QED) is 0.769. The first-order valence-electron chi connectivity index (χ1n) is 7.13. The molecule has 0 aromatic heterocycles. The first-order chi connectivity index (χ1) is 9.10. The molecule has 19 heavy (non-hydrogen) atoms. The summed E-state index contributed by atoms with van der Waals surface area (Å²) in [5, 5.41) is 9.22. The Labute approximate surface area is 116 Å². The molecule has 0 amide bonds. The van der Waals surface area contributed by atoms with Crippen LogP contribution in [0.15, 0.2) is 24.3 Å². The highest BCUT2D eigenvalue weighted by molar-refractivity contribution is 5.94. The lowest BCUT2D eigenvalue weighted by Gasteiger charge is -2.26. The van der Waals surface area contributed by atoms with Crippen LogP contribution in [0.2, 0.25) is 0 Å². The van der Waals surface area contributed by atoms with Crippen LogP contribution in [-0.2, 0) is 0 Å². The number of nitrogens with zero attached hydrogens (tertiary/aromatic N) is 1. The summed E-state index contributed by atoms with van der Waals surface area (Å²) in [5.41, 5.74) is 1.19. The van der Waals surface area contributed by atoms with Crippen molar-refractivity contribution in [3.8, 4) is 0 Å². The molecule has 0 heterocycles. The van der Waals surface area contributed by atoms with Gasteiger partial charge in [-0.25, -0.2) is 4.79 Å². The lowest BCUT2D eigenvalue weighted by Crippen LogP contribution is -2.26. The van der Waals surface area contributed by atoms with Gasteiger partial charge in [0, 0.05) is 13.6 Å². The maximum Gasteiger partial charge on any atom is 0.337 e. The molecule has 0 spiro atoms. The normalized spacial score (nSPS) is 12.2. The van der Waals surface area contributed by atoms with Gasteiger partial charge in [-0.3, -0.25) is 0 Å². The molecule has 1 atom stereocenters. The third-order valence-corrected chi connectivity index (χ3v) is 3.62. The molecule has 0 saturated heterocycles. The topological polar surface area (TPSA) is 40.5 Å². The van der Waals surface area contributed by atoms with Crippen molar-refractivity contribution in [1.82, 2.24) is 0 Å². The molecule has 1 unspecified atom stereocenters. The van der Waals surface area contributed by atoms with Crippen LogP contribution >= 0.6 is 0 Å². The van der Waals surface area contributed by atoms with Gasteiger partial charge < -0.3 is 10.0 Å². The second-order valence-electron chi connectivity index (χ2n) is 5.12. The number of carboxylic acids is 1. The molecule has 3 heteroatoms. The van der Waals surface area contributed by atoms with E-state index in [-0.39, 0.29) is 0 Å². The molecule has 106 valence electrons. The average molecular weight is 263 g/mol. The number of aromatic carboxylic acids is 1. The highest BCUT2D eigenvalue weighted by Crippen LogP contribution is 2.22. The van der Waals surface area contributed by atoms with Crippen molar-refractivity contribution in [3.05, 3.63) is 29.8 Å². The highest BCUT2D eigenvalue weighted by Gasteiger charge is 2.15. The summed E-state index contributed by atoms with van der Waals surface area (Å²) >= 11 is 0. The Morgan fingerprint density at radius 2 is 2.00 bits per heavy atom. The van der Waals surface area contributed by atoms with Gasteiger partial charge in [0.2, 0.25) is 0 Å². The van der Waals surface area contributed by atoms with E-state index in [1.165, 1.54) is 19.3 Å². The fraction of sp³-hybridized carbons (Fsp3) is 0.562. The molecule has 0 aliphatic carbocycles. The zero-order valence-corrected chi connectivity index (χ0v) is 12.2. The molecule has 0 saturated carbocycles. The third-order valence-electron chi connectivity index (χ3n) is 3.62. The van der Waals surface area contributed by atoms with Crippen molar-refractivity contribution in [2.75, 3.05) is 18.5 Å². The first-order valence-corrected chi connectivity index (χ1v) is 7.13. The number of unbranched alkanes of at least 4 members (excludes halogenated alkanes) is 1. The standard InChI is InChI=1S/C16H25NO2/c1-4-6-9-13(5-2)12-17(3)15-11-8-7-10-14(15)16(18)19/h7-8,10-11,13H,4-6,9,12H2,1-3H3,(H,18,19). The molecule has 0 bridgehead atoms. The van der Waals surface area contributed by atoms with Gasteiger partial charge in [0.25, 0.3) is 0 Å². The van der Waals surface area contributed by atoms with Crippen LogP contribution in [0.1, 0.15) is 49.9 Å². The maximum absolute atomic E-state index is 11.2. The van der Waals surface area contributed by atoms with Crippen molar-refractivity contribution >= 4 is 11.7 Å². The Bertz CT molecular complexity index is 403. The Morgan fingerprint density at radius 3 is 2.58 bits per heavy atom. The second-order valence-corrected chi connectivity index (χ2v) is 5.12. The van der Waals surface area contributed by atoms with Gasteiger partial charge >= 0.3 is 5.97 Å². The number of carboxylic acid groups (broad SMARTS) is 1.